The highest BCUT2D eigenvalue weighted by Crippen LogP contribution is 2.43. The first kappa shape index (κ1) is 12.5. The van der Waals surface area contributed by atoms with Crippen LogP contribution in [-0.2, 0) is 0 Å². The van der Waals surface area contributed by atoms with Crippen molar-refractivity contribution in [2.75, 3.05) is 27.9 Å². The summed E-state index contributed by atoms with van der Waals surface area (Å²) in [6.45, 7) is 2.69. The van der Waals surface area contributed by atoms with E-state index >= 15 is 0 Å². The molecule has 1 aromatic rings. The molecule has 0 saturated carbocycles. The van der Waals surface area contributed by atoms with Gasteiger partial charge in [-0.1, -0.05) is 6.92 Å². The van der Waals surface area contributed by atoms with Gasteiger partial charge < -0.3 is 18.9 Å². The summed E-state index contributed by atoms with van der Waals surface area (Å²) >= 11 is 0. The molecular weight excluding hydrogens is 208 g/mol. The van der Waals surface area contributed by atoms with Gasteiger partial charge in [-0.15, -0.1) is 0 Å². The van der Waals surface area contributed by atoms with Gasteiger partial charge >= 0.3 is 0 Å². The lowest BCUT2D eigenvalue weighted by molar-refractivity contribution is 0.277. The third-order valence-electron chi connectivity index (χ3n) is 2.13. The van der Waals surface area contributed by atoms with E-state index in [1.54, 1.807) is 27.4 Å². The predicted octanol–water partition coefficient (Wildman–Crippen LogP) is 2.50. The maximum atomic E-state index is 5.56. The van der Waals surface area contributed by atoms with E-state index in [0.717, 1.165) is 6.42 Å². The second-order valence-corrected chi connectivity index (χ2v) is 3.18. The summed E-state index contributed by atoms with van der Waals surface area (Å²) in [7, 11) is 4.74. The molecule has 0 aromatic heterocycles. The molecule has 0 aliphatic rings. The SMILES string of the molecule is CCCOc1ccc(OC)c(OC)c1OC. The summed E-state index contributed by atoms with van der Waals surface area (Å²) in [4.78, 5) is 0. The van der Waals surface area contributed by atoms with E-state index < -0.39 is 0 Å². The smallest absolute Gasteiger partial charge is 0.207 e. The zero-order valence-electron chi connectivity index (χ0n) is 10.2. The van der Waals surface area contributed by atoms with E-state index in [1.807, 2.05) is 13.0 Å². The van der Waals surface area contributed by atoms with Crippen molar-refractivity contribution in [3.63, 3.8) is 0 Å². The second kappa shape index (κ2) is 6.10. The average molecular weight is 226 g/mol. The van der Waals surface area contributed by atoms with E-state index in [9.17, 15) is 0 Å². The Labute approximate surface area is 96.1 Å². The Hall–Kier alpha value is -1.58. The van der Waals surface area contributed by atoms with Crippen molar-refractivity contribution in [2.45, 2.75) is 13.3 Å². The van der Waals surface area contributed by atoms with Gasteiger partial charge in [0.1, 0.15) is 0 Å². The number of ether oxygens (including phenoxy) is 4. The van der Waals surface area contributed by atoms with Crippen LogP contribution in [0.4, 0.5) is 0 Å². The van der Waals surface area contributed by atoms with Gasteiger partial charge in [-0.25, -0.2) is 0 Å². The molecule has 0 aliphatic heterocycles. The van der Waals surface area contributed by atoms with Gasteiger partial charge in [0.2, 0.25) is 11.5 Å². The molecule has 4 heteroatoms. The summed E-state index contributed by atoms with van der Waals surface area (Å²) in [5.74, 6) is 2.42. The molecule has 0 saturated heterocycles. The van der Waals surface area contributed by atoms with Gasteiger partial charge in [-0.05, 0) is 18.6 Å². The van der Waals surface area contributed by atoms with Crippen molar-refractivity contribution in [1.29, 1.82) is 0 Å². The number of hydrogen-bond acceptors (Lipinski definition) is 4. The Bertz CT molecular complexity index is 336. The number of rotatable bonds is 6. The summed E-state index contributed by atoms with van der Waals surface area (Å²) in [6.07, 6.45) is 0.942. The fourth-order valence-corrected chi connectivity index (χ4v) is 1.40. The van der Waals surface area contributed by atoms with Gasteiger partial charge in [0.15, 0.2) is 11.5 Å². The van der Waals surface area contributed by atoms with Crippen molar-refractivity contribution < 1.29 is 18.9 Å². The van der Waals surface area contributed by atoms with E-state index in [1.165, 1.54) is 0 Å². The number of methoxy groups -OCH3 is 3. The Morgan fingerprint density at radius 3 is 1.94 bits per heavy atom. The van der Waals surface area contributed by atoms with Crippen LogP contribution in [0.25, 0.3) is 0 Å². The minimum absolute atomic E-state index is 0.554. The summed E-state index contributed by atoms with van der Waals surface area (Å²) in [5.41, 5.74) is 0. The molecule has 90 valence electrons. The van der Waals surface area contributed by atoms with Gasteiger partial charge in [0, 0.05) is 0 Å². The molecule has 0 spiro atoms. The van der Waals surface area contributed by atoms with Crippen LogP contribution in [0.1, 0.15) is 13.3 Å². The third-order valence-corrected chi connectivity index (χ3v) is 2.13. The van der Waals surface area contributed by atoms with Gasteiger partial charge in [-0.2, -0.15) is 0 Å². The maximum Gasteiger partial charge on any atom is 0.207 e. The lowest BCUT2D eigenvalue weighted by Crippen LogP contribution is -2.00. The predicted molar refractivity (Wildman–Crippen MR) is 61.9 cm³/mol. The summed E-state index contributed by atoms with van der Waals surface area (Å²) in [5, 5.41) is 0. The van der Waals surface area contributed by atoms with Crippen molar-refractivity contribution >= 4 is 0 Å². The van der Waals surface area contributed by atoms with Crippen LogP contribution < -0.4 is 18.9 Å². The Morgan fingerprint density at radius 1 is 0.875 bits per heavy atom. The normalized spacial score (nSPS) is 9.75. The van der Waals surface area contributed by atoms with Crippen LogP contribution in [0.5, 0.6) is 23.0 Å². The summed E-state index contributed by atoms with van der Waals surface area (Å²) < 4.78 is 21.3. The van der Waals surface area contributed by atoms with Crippen LogP contribution in [0.3, 0.4) is 0 Å². The first-order chi connectivity index (χ1) is 7.78. The topological polar surface area (TPSA) is 36.9 Å². The Balaban J connectivity index is 3.10. The van der Waals surface area contributed by atoms with Crippen LogP contribution in [0.15, 0.2) is 12.1 Å². The van der Waals surface area contributed by atoms with Gasteiger partial charge in [0.25, 0.3) is 0 Å². The quantitative estimate of drug-likeness (QED) is 0.746. The highest BCUT2D eigenvalue weighted by Gasteiger charge is 2.16. The molecule has 1 aromatic carbocycles. The Morgan fingerprint density at radius 2 is 1.44 bits per heavy atom. The monoisotopic (exact) mass is 226 g/mol. The maximum absolute atomic E-state index is 5.56. The Kier molecular flexibility index (Phi) is 4.76. The average Bonchev–Trinajstić information content (AvgIpc) is 2.34. The molecule has 1 rings (SSSR count). The van der Waals surface area contributed by atoms with Crippen LogP contribution >= 0.6 is 0 Å². The molecule has 0 radical (unpaired) electrons. The standard InChI is InChI=1S/C12H18O4/c1-5-8-16-10-7-6-9(13-2)11(14-3)12(10)15-4/h6-7H,5,8H2,1-4H3. The molecule has 0 amide bonds. The molecule has 0 fully saturated rings. The molecule has 0 bridgehead atoms. The highest BCUT2D eigenvalue weighted by molar-refractivity contribution is 5.58. The van der Waals surface area contributed by atoms with Crippen molar-refractivity contribution in [3.05, 3.63) is 12.1 Å². The zero-order chi connectivity index (χ0) is 12.0. The number of benzene rings is 1. The zero-order valence-corrected chi connectivity index (χ0v) is 10.2. The van der Waals surface area contributed by atoms with Crippen LogP contribution in [0.2, 0.25) is 0 Å². The summed E-state index contributed by atoms with van der Waals surface area (Å²) in [6, 6.07) is 3.61. The lowest BCUT2D eigenvalue weighted by Gasteiger charge is -2.15. The van der Waals surface area contributed by atoms with E-state index in [2.05, 4.69) is 0 Å². The lowest BCUT2D eigenvalue weighted by atomic mass is 10.2. The molecule has 0 aliphatic carbocycles. The molecule has 0 heterocycles. The highest BCUT2D eigenvalue weighted by atomic mass is 16.5. The molecule has 0 atom stereocenters. The number of hydrogen-bond donors (Lipinski definition) is 0. The molecule has 4 nitrogen and oxygen atoms in total. The van der Waals surface area contributed by atoms with Crippen molar-refractivity contribution in [2.24, 2.45) is 0 Å². The van der Waals surface area contributed by atoms with Crippen LogP contribution in [0, 0.1) is 0 Å². The first-order valence-corrected chi connectivity index (χ1v) is 5.20. The second-order valence-electron chi connectivity index (χ2n) is 3.18. The minimum atomic E-state index is 0.554. The molecule has 0 unspecified atom stereocenters. The molecular formula is C12H18O4. The van der Waals surface area contributed by atoms with E-state index in [4.69, 9.17) is 18.9 Å². The van der Waals surface area contributed by atoms with E-state index in [0.29, 0.717) is 29.6 Å². The fourth-order valence-electron chi connectivity index (χ4n) is 1.40. The van der Waals surface area contributed by atoms with Gasteiger partial charge in [-0.3, -0.25) is 0 Å². The molecule has 16 heavy (non-hydrogen) atoms. The third kappa shape index (κ3) is 2.51. The largest absolute Gasteiger partial charge is 0.493 e. The van der Waals surface area contributed by atoms with Crippen LogP contribution in [-0.4, -0.2) is 27.9 Å². The van der Waals surface area contributed by atoms with Gasteiger partial charge in [0.05, 0.1) is 27.9 Å². The van der Waals surface area contributed by atoms with Crippen molar-refractivity contribution in [1.82, 2.24) is 0 Å². The first-order valence-electron chi connectivity index (χ1n) is 5.20. The fraction of sp³-hybridized carbons (Fsp3) is 0.500. The minimum Gasteiger partial charge on any atom is -0.493 e. The van der Waals surface area contributed by atoms with Crippen molar-refractivity contribution in [3.8, 4) is 23.0 Å². The van der Waals surface area contributed by atoms with E-state index in [-0.39, 0.29) is 0 Å². The molecule has 0 N–H and O–H groups in total.